The largest absolute Gasteiger partial charge is 0.481 e. The van der Waals surface area contributed by atoms with E-state index in [4.69, 9.17) is 11.6 Å². The highest BCUT2D eigenvalue weighted by atomic mass is 79.9. The summed E-state index contributed by atoms with van der Waals surface area (Å²) in [5, 5.41) is 13.7. The standard InChI is InChI=1S/C22H24BrClN2O4S/c1-3-13-25-21(16-5-9-18(24)10-6-16)20(22(27)28)15-26(14-4-2)31(29,30)19-11-7-17(23)8-12-19/h3-12,20-21,25H,1-2,13-15H2,(H,27,28). The summed E-state index contributed by atoms with van der Waals surface area (Å²) < 4.78 is 28.3. The van der Waals surface area contributed by atoms with E-state index in [-0.39, 0.29) is 18.0 Å². The van der Waals surface area contributed by atoms with Crippen LogP contribution in [0.1, 0.15) is 11.6 Å². The van der Waals surface area contributed by atoms with Gasteiger partial charge < -0.3 is 10.4 Å². The van der Waals surface area contributed by atoms with E-state index < -0.39 is 28.0 Å². The van der Waals surface area contributed by atoms with E-state index in [1.165, 1.54) is 18.2 Å². The first-order chi connectivity index (χ1) is 14.7. The summed E-state index contributed by atoms with van der Waals surface area (Å²) in [6, 6.07) is 12.3. The summed E-state index contributed by atoms with van der Waals surface area (Å²) in [5.74, 6) is -2.21. The molecule has 0 saturated heterocycles. The van der Waals surface area contributed by atoms with Gasteiger partial charge in [0.15, 0.2) is 0 Å². The highest BCUT2D eigenvalue weighted by Gasteiger charge is 2.35. The molecule has 2 unspecified atom stereocenters. The molecule has 6 nitrogen and oxygen atoms in total. The second-order valence-corrected chi connectivity index (χ2v) is 10.0. The molecule has 0 heterocycles. The predicted molar refractivity (Wildman–Crippen MR) is 127 cm³/mol. The monoisotopic (exact) mass is 526 g/mol. The van der Waals surface area contributed by atoms with Gasteiger partial charge in [-0.2, -0.15) is 4.31 Å². The van der Waals surface area contributed by atoms with Gasteiger partial charge in [0.1, 0.15) is 0 Å². The average molecular weight is 528 g/mol. The van der Waals surface area contributed by atoms with Gasteiger partial charge in [-0.1, -0.05) is 51.8 Å². The van der Waals surface area contributed by atoms with Crippen molar-refractivity contribution in [2.75, 3.05) is 19.6 Å². The molecule has 0 aliphatic carbocycles. The number of nitrogens with zero attached hydrogens (tertiary/aromatic N) is 1. The molecular weight excluding hydrogens is 504 g/mol. The summed E-state index contributed by atoms with van der Waals surface area (Å²) in [5.41, 5.74) is 0.679. The van der Waals surface area contributed by atoms with Gasteiger partial charge in [-0.05, 0) is 42.0 Å². The van der Waals surface area contributed by atoms with Crippen LogP contribution in [0, 0.1) is 5.92 Å². The van der Waals surface area contributed by atoms with Crippen LogP contribution in [0.15, 0.2) is 83.2 Å². The molecule has 2 aromatic carbocycles. The number of carbonyl (C=O) groups is 1. The third kappa shape index (κ3) is 6.75. The van der Waals surface area contributed by atoms with Crippen molar-refractivity contribution in [3.8, 4) is 0 Å². The molecule has 2 aromatic rings. The van der Waals surface area contributed by atoms with Crippen LogP contribution in [0.5, 0.6) is 0 Å². The molecule has 0 aromatic heterocycles. The predicted octanol–water partition coefficient (Wildman–Crippen LogP) is 4.50. The molecule has 9 heteroatoms. The van der Waals surface area contributed by atoms with Gasteiger partial charge in [0.05, 0.1) is 10.8 Å². The maximum atomic E-state index is 13.2. The molecule has 0 saturated carbocycles. The van der Waals surface area contributed by atoms with E-state index in [2.05, 4.69) is 34.4 Å². The molecule has 0 amide bonds. The number of halogens is 2. The zero-order valence-corrected chi connectivity index (χ0v) is 19.9. The number of hydrogen-bond acceptors (Lipinski definition) is 4. The Balaban J connectivity index is 2.44. The normalized spacial score (nSPS) is 13.5. The number of carboxylic acids is 1. The van der Waals surface area contributed by atoms with Gasteiger partial charge in [0.2, 0.25) is 10.0 Å². The lowest BCUT2D eigenvalue weighted by Gasteiger charge is -2.30. The number of carboxylic acid groups (broad SMARTS) is 1. The Kier molecular flexibility index (Phi) is 9.46. The first kappa shape index (κ1) is 25.3. The molecule has 0 fully saturated rings. The Morgan fingerprint density at radius 1 is 1.13 bits per heavy atom. The smallest absolute Gasteiger partial charge is 0.309 e. The van der Waals surface area contributed by atoms with Crippen LogP contribution in [0.25, 0.3) is 0 Å². The Bertz CT molecular complexity index is 1010. The lowest BCUT2D eigenvalue weighted by molar-refractivity contribution is -0.143. The molecule has 2 N–H and O–H groups in total. The fourth-order valence-corrected chi connectivity index (χ4v) is 4.92. The van der Waals surface area contributed by atoms with Crippen LogP contribution in [0.2, 0.25) is 5.02 Å². The molecule has 0 aliphatic rings. The second kappa shape index (κ2) is 11.6. The quantitative estimate of drug-likeness (QED) is 0.397. The van der Waals surface area contributed by atoms with Crippen LogP contribution >= 0.6 is 27.5 Å². The summed E-state index contributed by atoms with van der Waals surface area (Å²) in [7, 11) is -3.94. The average Bonchev–Trinajstić information content (AvgIpc) is 2.73. The van der Waals surface area contributed by atoms with Gasteiger partial charge in [-0.25, -0.2) is 8.42 Å². The van der Waals surface area contributed by atoms with Crippen molar-refractivity contribution >= 4 is 43.5 Å². The van der Waals surface area contributed by atoms with Crippen molar-refractivity contribution in [1.82, 2.24) is 9.62 Å². The van der Waals surface area contributed by atoms with E-state index in [1.54, 1.807) is 42.5 Å². The number of hydrogen-bond donors (Lipinski definition) is 2. The zero-order chi connectivity index (χ0) is 23.0. The highest BCUT2D eigenvalue weighted by Crippen LogP contribution is 2.27. The van der Waals surface area contributed by atoms with Crippen molar-refractivity contribution in [3.63, 3.8) is 0 Å². The van der Waals surface area contributed by atoms with Gasteiger partial charge in [-0.15, -0.1) is 13.2 Å². The number of benzene rings is 2. The van der Waals surface area contributed by atoms with Crippen LogP contribution in [0.4, 0.5) is 0 Å². The van der Waals surface area contributed by atoms with Crippen molar-refractivity contribution in [2.45, 2.75) is 10.9 Å². The Hall–Kier alpha value is -1.97. The van der Waals surface area contributed by atoms with E-state index >= 15 is 0 Å². The van der Waals surface area contributed by atoms with Crippen LogP contribution in [-0.2, 0) is 14.8 Å². The molecule has 0 aliphatic heterocycles. The van der Waals surface area contributed by atoms with Crippen LogP contribution in [-0.4, -0.2) is 43.4 Å². The topological polar surface area (TPSA) is 86.7 Å². The maximum absolute atomic E-state index is 13.2. The molecule has 0 radical (unpaired) electrons. The minimum absolute atomic E-state index is 0.0308. The molecule has 166 valence electrons. The van der Waals surface area contributed by atoms with Crippen LogP contribution in [0.3, 0.4) is 0 Å². The minimum Gasteiger partial charge on any atom is -0.481 e. The fourth-order valence-electron chi connectivity index (χ4n) is 3.09. The van der Waals surface area contributed by atoms with E-state index in [9.17, 15) is 18.3 Å². The van der Waals surface area contributed by atoms with E-state index in [0.717, 1.165) is 8.78 Å². The van der Waals surface area contributed by atoms with Gasteiger partial charge in [0, 0.05) is 35.2 Å². The highest BCUT2D eigenvalue weighted by molar-refractivity contribution is 9.10. The van der Waals surface area contributed by atoms with Crippen molar-refractivity contribution in [3.05, 3.63) is 88.9 Å². The van der Waals surface area contributed by atoms with Gasteiger partial charge in [0.25, 0.3) is 0 Å². The molecule has 2 atom stereocenters. The second-order valence-electron chi connectivity index (χ2n) is 6.74. The molecule has 2 rings (SSSR count). The number of aliphatic carboxylic acids is 1. The minimum atomic E-state index is -3.94. The van der Waals surface area contributed by atoms with Gasteiger partial charge >= 0.3 is 5.97 Å². The number of rotatable bonds is 12. The first-order valence-corrected chi connectivity index (χ1v) is 12.0. The third-order valence-corrected chi connectivity index (χ3v) is 7.24. The zero-order valence-electron chi connectivity index (χ0n) is 16.7. The Morgan fingerprint density at radius 3 is 2.26 bits per heavy atom. The maximum Gasteiger partial charge on any atom is 0.309 e. The summed E-state index contributed by atoms with van der Waals surface area (Å²) in [6.45, 7) is 7.36. The van der Waals surface area contributed by atoms with Crippen molar-refractivity contribution in [1.29, 1.82) is 0 Å². The molecule has 31 heavy (non-hydrogen) atoms. The molecular formula is C22H24BrClN2O4S. The van der Waals surface area contributed by atoms with Gasteiger partial charge in [-0.3, -0.25) is 4.79 Å². The SMILES string of the molecule is C=CCNC(c1ccc(Cl)cc1)C(CN(CC=C)S(=O)(=O)c1ccc(Br)cc1)C(=O)O. The molecule has 0 spiro atoms. The number of sulfonamides is 1. The van der Waals surface area contributed by atoms with Crippen molar-refractivity contribution in [2.24, 2.45) is 5.92 Å². The summed E-state index contributed by atoms with van der Waals surface area (Å²) >= 11 is 9.26. The van der Waals surface area contributed by atoms with E-state index in [0.29, 0.717) is 17.1 Å². The number of nitrogens with one attached hydrogen (secondary N) is 1. The summed E-state index contributed by atoms with van der Waals surface area (Å²) in [6.07, 6.45) is 3.05. The lowest BCUT2D eigenvalue weighted by atomic mass is 9.92. The van der Waals surface area contributed by atoms with Crippen LogP contribution < -0.4 is 5.32 Å². The third-order valence-electron chi connectivity index (χ3n) is 4.62. The first-order valence-electron chi connectivity index (χ1n) is 9.40. The lowest BCUT2D eigenvalue weighted by Crippen LogP contribution is -2.43. The van der Waals surface area contributed by atoms with Crippen molar-refractivity contribution < 1.29 is 18.3 Å². The summed E-state index contributed by atoms with van der Waals surface area (Å²) in [4.78, 5) is 12.3. The fraction of sp³-hybridized carbons (Fsp3) is 0.227. The van der Waals surface area contributed by atoms with E-state index in [1.807, 2.05) is 0 Å². The Morgan fingerprint density at radius 2 is 1.74 bits per heavy atom. The Labute approximate surface area is 196 Å². The molecule has 0 bridgehead atoms.